The third kappa shape index (κ3) is 3.77. The Morgan fingerprint density at radius 1 is 1.30 bits per heavy atom. The number of hydrogen-bond donors (Lipinski definition) is 1. The van der Waals surface area contributed by atoms with E-state index in [0.29, 0.717) is 16.8 Å². The van der Waals surface area contributed by atoms with Gasteiger partial charge in [0, 0.05) is 16.8 Å². The average Bonchev–Trinajstić information content (AvgIpc) is 2.36. The summed E-state index contributed by atoms with van der Waals surface area (Å²) in [6.07, 6.45) is -4.64. The van der Waals surface area contributed by atoms with E-state index in [9.17, 15) is 18.0 Å². The minimum Gasteiger partial charge on any atom is -0.301 e. The highest BCUT2D eigenvalue weighted by Gasteiger charge is 2.33. The van der Waals surface area contributed by atoms with Gasteiger partial charge in [-0.05, 0) is 11.6 Å². The van der Waals surface area contributed by atoms with Gasteiger partial charge in [-0.25, -0.2) is 4.98 Å². The molecule has 1 N–H and O–H groups in total. The lowest BCUT2D eigenvalue weighted by molar-refractivity contribution is -0.141. The molecule has 0 spiro atoms. The van der Waals surface area contributed by atoms with E-state index in [2.05, 4.69) is 9.97 Å². The lowest BCUT2D eigenvalue weighted by Gasteiger charge is -2.07. The number of hydrogen-bond acceptors (Lipinski definition) is 3. The van der Waals surface area contributed by atoms with Crippen LogP contribution < -0.4 is 5.56 Å². The molecular weight excluding hydrogens is 313 g/mol. The van der Waals surface area contributed by atoms with Crippen LogP contribution in [0.2, 0.25) is 5.02 Å². The molecule has 0 amide bonds. The first-order chi connectivity index (χ1) is 9.36. The van der Waals surface area contributed by atoms with E-state index in [1.807, 2.05) is 0 Å². The number of aromatic amines is 1. The summed E-state index contributed by atoms with van der Waals surface area (Å²) < 4.78 is 37.6. The number of nitrogens with one attached hydrogen (secondary N) is 1. The molecule has 106 valence electrons. The highest BCUT2D eigenvalue weighted by atomic mass is 35.5. The average molecular weight is 321 g/mol. The van der Waals surface area contributed by atoms with Crippen molar-refractivity contribution in [3.05, 3.63) is 57.0 Å². The van der Waals surface area contributed by atoms with Crippen LogP contribution in [0.3, 0.4) is 0 Å². The van der Waals surface area contributed by atoms with E-state index in [1.54, 1.807) is 24.3 Å². The molecule has 1 aromatic carbocycles. The van der Waals surface area contributed by atoms with Gasteiger partial charge in [-0.15, -0.1) is 0 Å². The monoisotopic (exact) mass is 320 g/mol. The van der Waals surface area contributed by atoms with Crippen LogP contribution in [0.5, 0.6) is 0 Å². The number of thioether (sulfide) groups is 1. The highest BCUT2D eigenvalue weighted by Crippen LogP contribution is 2.29. The summed E-state index contributed by atoms with van der Waals surface area (Å²) in [5.74, 6) is 0.309. The summed E-state index contributed by atoms with van der Waals surface area (Å²) in [4.78, 5) is 16.9. The second-order valence-electron chi connectivity index (χ2n) is 3.81. The Balaban J connectivity index is 2.20. The molecule has 0 atom stereocenters. The fourth-order valence-electron chi connectivity index (χ4n) is 1.41. The number of nitrogens with zero attached hydrogens (tertiary/aromatic N) is 1. The summed E-state index contributed by atoms with van der Waals surface area (Å²) >= 11 is 6.92. The van der Waals surface area contributed by atoms with Crippen molar-refractivity contribution in [2.45, 2.75) is 17.1 Å². The number of alkyl halides is 3. The van der Waals surface area contributed by atoms with Gasteiger partial charge >= 0.3 is 6.18 Å². The minimum absolute atomic E-state index is 0.0928. The smallest absolute Gasteiger partial charge is 0.301 e. The molecule has 0 bridgehead atoms. The van der Waals surface area contributed by atoms with Crippen LogP contribution >= 0.6 is 23.4 Å². The van der Waals surface area contributed by atoms with Crippen molar-refractivity contribution < 1.29 is 13.2 Å². The van der Waals surface area contributed by atoms with Crippen molar-refractivity contribution in [2.24, 2.45) is 0 Å². The molecule has 0 aliphatic heterocycles. The maximum Gasteiger partial charge on any atom is 0.433 e. The lowest BCUT2D eigenvalue weighted by atomic mass is 10.2. The molecule has 2 aromatic rings. The summed E-state index contributed by atoms with van der Waals surface area (Å²) in [7, 11) is 0. The number of rotatable bonds is 3. The van der Waals surface area contributed by atoms with Crippen molar-refractivity contribution in [3.63, 3.8) is 0 Å². The van der Waals surface area contributed by atoms with Gasteiger partial charge in [0.2, 0.25) is 0 Å². The summed E-state index contributed by atoms with van der Waals surface area (Å²) in [5, 5.41) is 0.416. The normalized spacial score (nSPS) is 11.6. The first-order valence-corrected chi connectivity index (χ1v) is 6.77. The van der Waals surface area contributed by atoms with Crippen LogP contribution in [0.1, 0.15) is 11.3 Å². The van der Waals surface area contributed by atoms with Gasteiger partial charge in [0.25, 0.3) is 5.56 Å². The van der Waals surface area contributed by atoms with Crippen LogP contribution in [-0.4, -0.2) is 9.97 Å². The standard InChI is InChI=1S/C12H8ClF3N2OS/c13-8-4-2-1-3-7(8)6-20-11-17-9(12(14,15)16)5-10(19)18-11/h1-5H,6H2,(H,17,18,19). The van der Waals surface area contributed by atoms with E-state index in [-0.39, 0.29) is 5.16 Å². The zero-order valence-corrected chi connectivity index (χ0v) is 11.4. The van der Waals surface area contributed by atoms with E-state index in [1.165, 1.54) is 0 Å². The summed E-state index contributed by atoms with van der Waals surface area (Å²) in [6, 6.07) is 7.38. The molecule has 0 aliphatic rings. The van der Waals surface area contributed by atoms with Crippen LogP contribution in [-0.2, 0) is 11.9 Å². The maximum atomic E-state index is 12.5. The van der Waals surface area contributed by atoms with Gasteiger partial charge in [0.05, 0.1) is 0 Å². The van der Waals surface area contributed by atoms with Gasteiger partial charge in [-0.3, -0.25) is 4.79 Å². The SMILES string of the molecule is O=c1cc(C(F)(F)F)nc(SCc2ccccc2Cl)[nH]1. The van der Waals surface area contributed by atoms with Gasteiger partial charge in [0.15, 0.2) is 10.9 Å². The maximum absolute atomic E-state index is 12.5. The number of H-pyrrole nitrogens is 1. The van der Waals surface area contributed by atoms with Gasteiger partial charge < -0.3 is 4.98 Å². The molecule has 0 radical (unpaired) electrons. The Morgan fingerprint density at radius 2 is 2.00 bits per heavy atom. The molecular formula is C12H8ClF3N2OS. The Bertz CT molecular complexity index is 672. The van der Waals surface area contributed by atoms with Crippen molar-refractivity contribution in [1.29, 1.82) is 0 Å². The summed E-state index contributed by atoms with van der Waals surface area (Å²) in [6.45, 7) is 0. The van der Waals surface area contributed by atoms with Crippen molar-refractivity contribution in [1.82, 2.24) is 9.97 Å². The van der Waals surface area contributed by atoms with Crippen molar-refractivity contribution in [3.8, 4) is 0 Å². The van der Waals surface area contributed by atoms with Gasteiger partial charge in [-0.2, -0.15) is 13.2 Å². The third-order valence-electron chi connectivity index (χ3n) is 2.33. The first kappa shape index (κ1) is 14.9. The van der Waals surface area contributed by atoms with E-state index < -0.39 is 17.4 Å². The van der Waals surface area contributed by atoms with Crippen LogP contribution in [0.15, 0.2) is 40.3 Å². The molecule has 0 aliphatic carbocycles. The molecule has 0 unspecified atom stereocenters. The van der Waals surface area contributed by atoms with Crippen LogP contribution in [0.25, 0.3) is 0 Å². The first-order valence-electron chi connectivity index (χ1n) is 5.41. The zero-order chi connectivity index (χ0) is 14.8. The van der Waals surface area contributed by atoms with E-state index in [0.717, 1.165) is 17.3 Å². The molecule has 0 saturated heterocycles. The van der Waals surface area contributed by atoms with Crippen molar-refractivity contribution in [2.75, 3.05) is 0 Å². The van der Waals surface area contributed by atoms with Gasteiger partial charge in [0.1, 0.15) is 0 Å². The Labute approximate surface area is 121 Å². The van der Waals surface area contributed by atoms with Crippen LogP contribution in [0.4, 0.5) is 13.2 Å². The minimum atomic E-state index is -4.64. The molecule has 0 fully saturated rings. The molecule has 2 rings (SSSR count). The van der Waals surface area contributed by atoms with Crippen molar-refractivity contribution >= 4 is 23.4 Å². The Hall–Kier alpha value is -1.47. The fraction of sp³-hybridized carbons (Fsp3) is 0.167. The third-order valence-corrected chi connectivity index (χ3v) is 3.62. The second-order valence-corrected chi connectivity index (χ2v) is 5.18. The Morgan fingerprint density at radius 3 is 2.65 bits per heavy atom. The molecule has 0 saturated carbocycles. The summed E-state index contributed by atoms with van der Waals surface area (Å²) in [5.41, 5.74) is -1.30. The Kier molecular flexibility index (Phi) is 4.39. The number of benzene rings is 1. The number of halogens is 4. The fourth-order valence-corrected chi connectivity index (χ4v) is 2.57. The molecule has 8 heteroatoms. The quantitative estimate of drug-likeness (QED) is 0.692. The van der Waals surface area contributed by atoms with E-state index >= 15 is 0 Å². The van der Waals surface area contributed by atoms with E-state index in [4.69, 9.17) is 11.6 Å². The molecule has 20 heavy (non-hydrogen) atoms. The van der Waals surface area contributed by atoms with Gasteiger partial charge in [-0.1, -0.05) is 41.6 Å². The van der Waals surface area contributed by atoms with Crippen LogP contribution in [0, 0.1) is 0 Å². The molecule has 1 aromatic heterocycles. The lowest BCUT2D eigenvalue weighted by Crippen LogP contribution is -2.16. The highest BCUT2D eigenvalue weighted by molar-refractivity contribution is 7.98. The largest absolute Gasteiger partial charge is 0.433 e. The second kappa shape index (κ2) is 5.88. The predicted molar refractivity (Wildman–Crippen MR) is 70.9 cm³/mol. The number of aromatic nitrogens is 2. The zero-order valence-electron chi connectivity index (χ0n) is 9.87. The molecule has 3 nitrogen and oxygen atoms in total. The molecule has 1 heterocycles. The topological polar surface area (TPSA) is 45.8 Å². The predicted octanol–water partition coefficient (Wildman–Crippen LogP) is 3.73.